The maximum Gasteiger partial charge on any atom is 0.254 e. The van der Waals surface area contributed by atoms with Gasteiger partial charge in [0, 0.05) is 30.5 Å². The van der Waals surface area contributed by atoms with E-state index in [0.29, 0.717) is 24.0 Å². The van der Waals surface area contributed by atoms with Gasteiger partial charge in [-0.05, 0) is 24.6 Å². The lowest BCUT2D eigenvalue weighted by Crippen LogP contribution is -2.50. The van der Waals surface area contributed by atoms with Gasteiger partial charge in [-0.3, -0.25) is 4.79 Å². The predicted molar refractivity (Wildman–Crippen MR) is 72.3 cm³/mol. The second-order valence-electron chi connectivity index (χ2n) is 4.61. The summed E-state index contributed by atoms with van der Waals surface area (Å²) in [6.07, 6.45) is 0.960. The summed E-state index contributed by atoms with van der Waals surface area (Å²) in [6.45, 7) is 4.27. The fourth-order valence-electron chi connectivity index (χ4n) is 1.95. The van der Waals surface area contributed by atoms with Crippen molar-refractivity contribution in [1.82, 2.24) is 4.90 Å². The molecule has 1 aliphatic heterocycles. The molecule has 3 nitrogen and oxygen atoms in total. The third-order valence-corrected chi connectivity index (χ3v) is 3.45. The van der Waals surface area contributed by atoms with E-state index in [1.807, 2.05) is 29.2 Å². The molecule has 1 saturated heterocycles. The Labute approximate surface area is 113 Å². The minimum Gasteiger partial charge on any atom is -0.494 e. The number of halogens is 1. The Morgan fingerprint density at radius 3 is 2.94 bits per heavy atom. The van der Waals surface area contributed by atoms with Gasteiger partial charge in [0.05, 0.1) is 6.61 Å². The van der Waals surface area contributed by atoms with Crippen molar-refractivity contribution in [2.45, 2.75) is 13.3 Å². The van der Waals surface area contributed by atoms with Crippen molar-refractivity contribution in [3.05, 3.63) is 29.8 Å². The number of rotatable bonds is 5. The molecule has 0 aromatic heterocycles. The van der Waals surface area contributed by atoms with Crippen molar-refractivity contribution in [2.24, 2.45) is 5.92 Å². The summed E-state index contributed by atoms with van der Waals surface area (Å²) < 4.78 is 5.53. The van der Waals surface area contributed by atoms with Gasteiger partial charge in [-0.1, -0.05) is 13.0 Å². The van der Waals surface area contributed by atoms with Crippen LogP contribution in [0.2, 0.25) is 0 Å². The zero-order valence-corrected chi connectivity index (χ0v) is 11.3. The van der Waals surface area contributed by atoms with E-state index in [-0.39, 0.29) is 5.91 Å². The van der Waals surface area contributed by atoms with Crippen LogP contribution in [0.25, 0.3) is 0 Å². The lowest BCUT2D eigenvalue weighted by Gasteiger charge is -2.38. The zero-order chi connectivity index (χ0) is 13.0. The molecular weight excluding hydrogens is 250 g/mol. The molecule has 1 aliphatic rings. The molecule has 18 heavy (non-hydrogen) atoms. The molecule has 0 unspecified atom stereocenters. The van der Waals surface area contributed by atoms with Crippen molar-refractivity contribution in [2.75, 3.05) is 25.6 Å². The molecule has 4 heteroatoms. The minimum absolute atomic E-state index is 0.0679. The first-order valence-corrected chi connectivity index (χ1v) is 6.86. The molecule has 0 aliphatic carbocycles. The molecule has 0 atom stereocenters. The molecule has 0 N–H and O–H groups in total. The van der Waals surface area contributed by atoms with E-state index in [9.17, 15) is 4.79 Å². The Hall–Kier alpha value is -1.22. The Balaban J connectivity index is 1.98. The van der Waals surface area contributed by atoms with E-state index in [1.165, 1.54) is 0 Å². The molecule has 1 amide bonds. The SMILES string of the molecule is CCCOc1cccc(C(=O)N2CC(CCl)C2)c1. The molecule has 0 spiro atoms. The van der Waals surface area contributed by atoms with Crippen LogP contribution < -0.4 is 4.74 Å². The molecule has 1 aromatic rings. The number of alkyl halides is 1. The quantitative estimate of drug-likeness (QED) is 0.768. The number of hydrogen-bond acceptors (Lipinski definition) is 2. The topological polar surface area (TPSA) is 29.5 Å². The Bertz CT molecular complexity index is 416. The van der Waals surface area contributed by atoms with Gasteiger partial charge in [0.2, 0.25) is 0 Å². The first kappa shape index (κ1) is 13.2. The molecule has 0 saturated carbocycles. The smallest absolute Gasteiger partial charge is 0.254 e. The summed E-state index contributed by atoms with van der Waals surface area (Å²) in [5.74, 6) is 1.91. The van der Waals surface area contributed by atoms with Gasteiger partial charge in [0.15, 0.2) is 0 Å². The van der Waals surface area contributed by atoms with Crippen LogP contribution in [-0.4, -0.2) is 36.4 Å². The Kier molecular flexibility index (Phi) is 4.48. The highest BCUT2D eigenvalue weighted by Gasteiger charge is 2.30. The lowest BCUT2D eigenvalue weighted by atomic mass is 10.0. The number of likely N-dealkylation sites (tertiary alicyclic amines) is 1. The zero-order valence-electron chi connectivity index (χ0n) is 10.6. The first-order valence-electron chi connectivity index (χ1n) is 6.32. The molecule has 98 valence electrons. The van der Waals surface area contributed by atoms with Crippen LogP contribution in [0.15, 0.2) is 24.3 Å². The Morgan fingerprint density at radius 1 is 1.50 bits per heavy atom. The number of carbonyl (C=O) groups excluding carboxylic acids is 1. The summed E-state index contributed by atoms with van der Waals surface area (Å²) in [4.78, 5) is 14.0. The van der Waals surface area contributed by atoms with Crippen LogP contribution in [-0.2, 0) is 0 Å². The van der Waals surface area contributed by atoms with Gasteiger partial charge in [0.25, 0.3) is 5.91 Å². The lowest BCUT2D eigenvalue weighted by molar-refractivity contribution is 0.0535. The number of amides is 1. The monoisotopic (exact) mass is 267 g/mol. The van der Waals surface area contributed by atoms with Gasteiger partial charge < -0.3 is 9.64 Å². The van der Waals surface area contributed by atoms with Crippen molar-refractivity contribution >= 4 is 17.5 Å². The van der Waals surface area contributed by atoms with Crippen molar-refractivity contribution < 1.29 is 9.53 Å². The summed E-state index contributed by atoms with van der Waals surface area (Å²) in [7, 11) is 0. The molecular formula is C14H18ClNO2. The highest BCUT2D eigenvalue weighted by molar-refractivity contribution is 6.18. The molecule has 1 fully saturated rings. The van der Waals surface area contributed by atoms with Crippen molar-refractivity contribution in [3.63, 3.8) is 0 Å². The van der Waals surface area contributed by atoms with Crippen LogP contribution in [0.4, 0.5) is 0 Å². The molecule has 0 bridgehead atoms. The van der Waals surface area contributed by atoms with Crippen LogP contribution in [0.1, 0.15) is 23.7 Å². The van der Waals surface area contributed by atoms with E-state index < -0.39 is 0 Å². The second kappa shape index (κ2) is 6.10. The number of benzene rings is 1. The van der Waals surface area contributed by atoms with E-state index in [0.717, 1.165) is 25.3 Å². The van der Waals surface area contributed by atoms with Crippen LogP contribution in [0.3, 0.4) is 0 Å². The maximum absolute atomic E-state index is 12.1. The summed E-state index contributed by atoms with van der Waals surface area (Å²) >= 11 is 5.74. The van der Waals surface area contributed by atoms with E-state index >= 15 is 0 Å². The first-order chi connectivity index (χ1) is 8.74. The standard InChI is InChI=1S/C14H18ClNO2/c1-2-6-18-13-5-3-4-12(7-13)14(17)16-9-11(8-15)10-16/h3-5,7,11H,2,6,8-10H2,1H3. The van der Waals surface area contributed by atoms with Crippen LogP contribution in [0, 0.1) is 5.92 Å². The fourth-order valence-corrected chi connectivity index (χ4v) is 2.15. The van der Waals surface area contributed by atoms with Gasteiger partial charge in [-0.25, -0.2) is 0 Å². The average Bonchev–Trinajstić information content (AvgIpc) is 2.35. The highest BCUT2D eigenvalue weighted by atomic mass is 35.5. The molecule has 0 radical (unpaired) electrons. The van der Waals surface area contributed by atoms with Gasteiger partial charge in [-0.2, -0.15) is 0 Å². The van der Waals surface area contributed by atoms with E-state index in [1.54, 1.807) is 0 Å². The highest BCUT2D eigenvalue weighted by Crippen LogP contribution is 2.21. The number of nitrogens with zero attached hydrogens (tertiary/aromatic N) is 1. The van der Waals surface area contributed by atoms with Crippen LogP contribution >= 0.6 is 11.6 Å². The number of carbonyl (C=O) groups is 1. The van der Waals surface area contributed by atoms with Gasteiger partial charge >= 0.3 is 0 Å². The third kappa shape index (κ3) is 2.96. The number of ether oxygens (including phenoxy) is 1. The van der Waals surface area contributed by atoms with E-state index in [2.05, 4.69) is 6.92 Å². The average molecular weight is 268 g/mol. The normalized spacial score (nSPS) is 15.3. The molecule has 2 rings (SSSR count). The van der Waals surface area contributed by atoms with Gasteiger partial charge in [0.1, 0.15) is 5.75 Å². The van der Waals surface area contributed by atoms with Crippen LogP contribution in [0.5, 0.6) is 5.75 Å². The maximum atomic E-state index is 12.1. The van der Waals surface area contributed by atoms with Crippen molar-refractivity contribution in [1.29, 1.82) is 0 Å². The van der Waals surface area contributed by atoms with Gasteiger partial charge in [-0.15, -0.1) is 11.6 Å². The summed E-state index contributed by atoms with van der Waals surface area (Å²) in [5.41, 5.74) is 0.691. The van der Waals surface area contributed by atoms with E-state index in [4.69, 9.17) is 16.3 Å². The molecule has 1 aromatic carbocycles. The minimum atomic E-state index is 0.0679. The summed E-state index contributed by atoms with van der Waals surface area (Å²) in [6, 6.07) is 7.38. The Morgan fingerprint density at radius 2 is 2.28 bits per heavy atom. The van der Waals surface area contributed by atoms with Crippen molar-refractivity contribution in [3.8, 4) is 5.75 Å². The second-order valence-corrected chi connectivity index (χ2v) is 4.92. The molecule has 1 heterocycles. The number of hydrogen-bond donors (Lipinski definition) is 0. The largest absolute Gasteiger partial charge is 0.494 e. The third-order valence-electron chi connectivity index (χ3n) is 3.02. The summed E-state index contributed by atoms with van der Waals surface area (Å²) in [5, 5.41) is 0. The predicted octanol–water partition coefficient (Wildman–Crippen LogP) is 2.79. The fraction of sp³-hybridized carbons (Fsp3) is 0.500.